The standard InChI is InChI=1S/C13H18O/c1-14-13-10-6-8-11-7-4-2-3-5-9-12(11)13/h6,8,10H,2-5,7,9H2,1H3. The van der Waals surface area contributed by atoms with Crippen molar-refractivity contribution in [3.05, 3.63) is 29.3 Å². The van der Waals surface area contributed by atoms with Crippen molar-refractivity contribution in [1.29, 1.82) is 0 Å². The molecule has 1 aliphatic rings. The molecule has 0 aliphatic heterocycles. The Bertz CT molecular complexity index is 304. The first-order chi connectivity index (χ1) is 6.92. The molecule has 0 spiro atoms. The first-order valence-electron chi connectivity index (χ1n) is 5.56. The van der Waals surface area contributed by atoms with Crippen molar-refractivity contribution >= 4 is 0 Å². The number of benzene rings is 1. The van der Waals surface area contributed by atoms with Crippen LogP contribution in [0.4, 0.5) is 0 Å². The van der Waals surface area contributed by atoms with Gasteiger partial charge in [0.15, 0.2) is 0 Å². The van der Waals surface area contributed by atoms with Crippen LogP contribution >= 0.6 is 0 Å². The summed E-state index contributed by atoms with van der Waals surface area (Å²) in [4.78, 5) is 0. The Morgan fingerprint density at radius 3 is 2.57 bits per heavy atom. The maximum atomic E-state index is 5.41. The molecule has 2 rings (SSSR count). The van der Waals surface area contributed by atoms with Crippen LogP contribution in [0.15, 0.2) is 18.2 Å². The van der Waals surface area contributed by atoms with Crippen LogP contribution in [0.2, 0.25) is 0 Å². The number of methoxy groups -OCH3 is 1. The fourth-order valence-corrected chi connectivity index (χ4v) is 2.29. The highest BCUT2D eigenvalue weighted by atomic mass is 16.5. The summed E-state index contributed by atoms with van der Waals surface area (Å²) in [6.07, 6.45) is 7.83. The van der Waals surface area contributed by atoms with E-state index in [0.29, 0.717) is 0 Å². The molecule has 1 aromatic rings. The molecular weight excluding hydrogens is 172 g/mol. The Morgan fingerprint density at radius 2 is 1.79 bits per heavy atom. The van der Waals surface area contributed by atoms with E-state index in [9.17, 15) is 0 Å². The number of fused-ring (bicyclic) bond motifs is 1. The van der Waals surface area contributed by atoms with Crippen LogP contribution in [0.1, 0.15) is 36.8 Å². The predicted octanol–water partition coefficient (Wildman–Crippen LogP) is 3.35. The van der Waals surface area contributed by atoms with E-state index in [1.54, 1.807) is 7.11 Å². The summed E-state index contributed by atoms with van der Waals surface area (Å²) < 4.78 is 5.41. The third kappa shape index (κ3) is 1.92. The fraction of sp³-hybridized carbons (Fsp3) is 0.538. The molecule has 0 aromatic heterocycles. The van der Waals surface area contributed by atoms with Gasteiger partial charge in [-0.15, -0.1) is 0 Å². The van der Waals surface area contributed by atoms with Gasteiger partial charge in [-0.1, -0.05) is 25.0 Å². The van der Waals surface area contributed by atoms with E-state index in [-0.39, 0.29) is 0 Å². The minimum Gasteiger partial charge on any atom is -0.496 e. The Balaban J connectivity index is 2.33. The van der Waals surface area contributed by atoms with Crippen molar-refractivity contribution < 1.29 is 4.74 Å². The summed E-state index contributed by atoms with van der Waals surface area (Å²) in [6, 6.07) is 6.45. The molecule has 1 nitrogen and oxygen atoms in total. The lowest BCUT2D eigenvalue weighted by atomic mass is 9.93. The molecule has 1 aromatic carbocycles. The Labute approximate surface area is 86.1 Å². The maximum absolute atomic E-state index is 5.41. The first-order valence-corrected chi connectivity index (χ1v) is 5.56. The van der Waals surface area contributed by atoms with Crippen LogP contribution in [-0.2, 0) is 12.8 Å². The number of hydrogen-bond acceptors (Lipinski definition) is 1. The Hall–Kier alpha value is -0.980. The van der Waals surface area contributed by atoms with Crippen LogP contribution in [0.3, 0.4) is 0 Å². The van der Waals surface area contributed by atoms with Gasteiger partial charge < -0.3 is 4.74 Å². The highest BCUT2D eigenvalue weighted by Crippen LogP contribution is 2.27. The molecule has 0 fully saturated rings. The van der Waals surface area contributed by atoms with Crippen molar-refractivity contribution in [2.75, 3.05) is 7.11 Å². The maximum Gasteiger partial charge on any atom is 0.122 e. The summed E-state index contributed by atoms with van der Waals surface area (Å²) in [5.74, 6) is 1.09. The van der Waals surface area contributed by atoms with Gasteiger partial charge in [0.1, 0.15) is 5.75 Å². The molecule has 0 heterocycles. The zero-order chi connectivity index (χ0) is 9.80. The second-order valence-electron chi connectivity index (χ2n) is 4.01. The average molecular weight is 190 g/mol. The third-order valence-electron chi connectivity index (χ3n) is 3.07. The van der Waals surface area contributed by atoms with Gasteiger partial charge in [0.25, 0.3) is 0 Å². The molecule has 0 radical (unpaired) electrons. The summed E-state index contributed by atoms with van der Waals surface area (Å²) in [6.45, 7) is 0. The second kappa shape index (κ2) is 4.50. The molecule has 0 amide bonds. The van der Waals surface area contributed by atoms with Gasteiger partial charge >= 0.3 is 0 Å². The third-order valence-corrected chi connectivity index (χ3v) is 3.07. The van der Waals surface area contributed by atoms with E-state index in [2.05, 4.69) is 18.2 Å². The van der Waals surface area contributed by atoms with Crippen LogP contribution in [0, 0.1) is 0 Å². The molecule has 76 valence electrons. The molecule has 1 aliphatic carbocycles. The summed E-state index contributed by atoms with van der Waals surface area (Å²) in [5, 5.41) is 0. The van der Waals surface area contributed by atoms with E-state index in [1.165, 1.54) is 49.7 Å². The molecule has 14 heavy (non-hydrogen) atoms. The summed E-state index contributed by atoms with van der Waals surface area (Å²) >= 11 is 0. The van der Waals surface area contributed by atoms with Gasteiger partial charge in [0.05, 0.1) is 7.11 Å². The SMILES string of the molecule is COc1cccc2c1CCCCCC2. The smallest absolute Gasteiger partial charge is 0.122 e. The van der Waals surface area contributed by atoms with Gasteiger partial charge in [-0.3, -0.25) is 0 Å². The topological polar surface area (TPSA) is 9.23 Å². The Morgan fingerprint density at radius 1 is 1.00 bits per heavy atom. The molecule has 0 atom stereocenters. The van der Waals surface area contributed by atoms with Crippen molar-refractivity contribution in [2.45, 2.75) is 38.5 Å². The highest BCUT2D eigenvalue weighted by molar-refractivity contribution is 5.40. The zero-order valence-electron chi connectivity index (χ0n) is 8.88. The van der Waals surface area contributed by atoms with Crippen LogP contribution < -0.4 is 4.74 Å². The normalized spacial score (nSPS) is 16.6. The van der Waals surface area contributed by atoms with E-state index in [1.807, 2.05) is 0 Å². The molecule has 0 unspecified atom stereocenters. The lowest BCUT2D eigenvalue weighted by Gasteiger charge is -2.16. The monoisotopic (exact) mass is 190 g/mol. The van der Waals surface area contributed by atoms with Crippen LogP contribution in [0.5, 0.6) is 5.75 Å². The van der Waals surface area contributed by atoms with Gasteiger partial charge in [-0.05, 0) is 42.9 Å². The van der Waals surface area contributed by atoms with Crippen LogP contribution in [-0.4, -0.2) is 7.11 Å². The second-order valence-corrected chi connectivity index (χ2v) is 4.01. The molecule has 1 heteroatoms. The number of rotatable bonds is 1. The largest absolute Gasteiger partial charge is 0.496 e. The highest BCUT2D eigenvalue weighted by Gasteiger charge is 2.10. The van der Waals surface area contributed by atoms with Crippen molar-refractivity contribution in [2.24, 2.45) is 0 Å². The van der Waals surface area contributed by atoms with Crippen molar-refractivity contribution in [1.82, 2.24) is 0 Å². The lowest BCUT2D eigenvalue weighted by molar-refractivity contribution is 0.407. The van der Waals surface area contributed by atoms with E-state index in [0.717, 1.165) is 5.75 Å². The quantitative estimate of drug-likeness (QED) is 0.660. The van der Waals surface area contributed by atoms with Crippen molar-refractivity contribution in [3.8, 4) is 5.75 Å². The zero-order valence-corrected chi connectivity index (χ0v) is 8.88. The number of ether oxygens (including phenoxy) is 1. The molecule has 0 bridgehead atoms. The predicted molar refractivity (Wildman–Crippen MR) is 58.9 cm³/mol. The van der Waals surface area contributed by atoms with Gasteiger partial charge in [0.2, 0.25) is 0 Å². The molecule has 0 N–H and O–H groups in total. The summed E-state index contributed by atoms with van der Waals surface area (Å²) in [5.41, 5.74) is 2.96. The van der Waals surface area contributed by atoms with Gasteiger partial charge in [-0.2, -0.15) is 0 Å². The first kappa shape index (κ1) is 9.57. The minimum absolute atomic E-state index is 1.09. The van der Waals surface area contributed by atoms with Crippen LogP contribution in [0.25, 0.3) is 0 Å². The minimum atomic E-state index is 1.09. The lowest BCUT2D eigenvalue weighted by Crippen LogP contribution is -2.01. The molecule has 0 saturated carbocycles. The van der Waals surface area contributed by atoms with E-state index < -0.39 is 0 Å². The Kier molecular flexibility index (Phi) is 3.07. The van der Waals surface area contributed by atoms with E-state index >= 15 is 0 Å². The fourth-order valence-electron chi connectivity index (χ4n) is 2.29. The molecular formula is C13H18O. The van der Waals surface area contributed by atoms with Gasteiger partial charge in [0, 0.05) is 0 Å². The number of hydrogen-bond donors (Lipinski definition) is 0. The molecule has 0 saturated heterocycles. The summed E-state index contributed by atoms with van der Waals surface area (Å²) in [7, 11) is 1.77. The van der Waals surface area contributed by atoms with Gasteiger partial charge in [-0.25, -0.2) is 0 Å². The average Bonchev–Trinajstić information content (AvgIpc) is 2.18. The van der Waals surface area contributed by atoms with E-state index in [4.69, 9.17) is 4.74 Å². The number of aryl methyl sites for hydroxylation is 1. The van der Waals surface area contributed by atoms with Crippen molar-refractivity contribution in [3.63, 3.8) is 0 Å².